The van der Waals surface area contributed by atoms with E-state index >= 15 is 0 Å². The predicted octanol–water partition coefficient (Wildman–Crippen LogP) is 3.82. The molecule has 25 heavy (non-hydrogen) atoms. The Kier molecular flexibility index (Phi) is 6.87. The van der Waals surface area contributed by atoms with Gasteiger partial charge in [-0.2, -0.15) is 0 Å². The second-order valence-electron chi connectivity index (χ2n) is 5.93. The number of hydrogen-bond acceptors (Lipinski definition) is 3. The standard InChI is InChI=1S/C21H27NO3/c1-5-16-12-15(3)10-11-19(16)25-14-18-17(13-21(23)22-4)8-7-9-20(18)24-6-2/h7-12H,5-6,13-14H2,1-4H3,(H,22,23). The molecule has 1 N–H and O–H groups in total. The van der Waals surface area contributed by atoms with Gasteiger partial charge in [0, 0.05) is 12.6 Å². The quantitative estimate of drug-likeness (QED) is 0.794. The molecule has 0 heterocycles. The highest BCUT2D eigenvalue weighted by atomic mass is 16.5. The third-order valence-electron chi connectivity index (χ3n) is 4.13. The van der Waals surface area contributed by atoms with Crippen LogP contribution in [0.1, 0.15) is 36.1 Å². The molecular formula is C21H27NO3. The molecule has 0 saturated carbocycles. The van der Waals surface area contributed by atoms with Gasteiger partial charge in [0.15, 0.2) is 0 Å². The molecule has 0 fully saturated rings. The zero-order chi connectivity index (χ0) is 18.2. The first-order valence-electron chi connectivity index (χ1n) is 8.75. The Morgan fingerprint density at radius 1 is 1.04 bits per heavy atom. The van der Waals surface area contributed by atoms with E-state index in [1.54, 1.807) is 7.05 Å². The molecule has 0 aliphatic carbocycles. The number of hydrogen-bond donors (Lipinski definition) is 1. The van der Waals surface area contributed by atoms with Crippen molar-refractivity contribution in [3.8, 4) is 11.5 Å². The SMILES string of the molecule is CCOc1cccc(CC(=O)NC)c1COc1ccc(C)cc1CC. The molecule has 0 unspecified atom stereocenters. The van der Waals surface area contributed by atoms with Gasteiger partial charge in [-0.15, -0.1) is 0 Å². The molecule has 0 saturated heterocycles. The van der Waals surface area contributed by atoms with Crippen molar-refractivity contribution in [1.29, 1.82) is 0 Å². The third-order valence-corrected chi connectivity index (χ3v) is 4.13. The van der Waals surface area contributed by atoms with Gasteiger partial charge in [0.25, 0.3) is 0 Å². The van der Waals surface area contributed by atoms with E-state index in [1.807, 2.05) is 37.3 Å². The zero-order valence-corrected chi connectivity index (χ0v) is 15.5. The van der Waals surface area contributed by atoms with E-state index in [-0.39, 0.29) is 5.91 Å². The summed E-state index contributed by atoms with van der Waals surface area (Å²) in [7, 11) is 1.64. The van der Waals surface area contributed by atoms with Crippen molar-refractivity contribution in [3.05, 3.63) is 58.7 Å². The van der Waals surface area contributed by atoms with Gasteiger partial charge in [0.2, 0.25) is 5.91 Å². The van der Waals surface area contributed by atoms with Crippen molar-refractivity contribution in [1.82, 2.24) is 5.32 Å². The van der Waals surface area contributed by atoms with Crippen LogP contribution in [0.15, 0.2) is 36.4 Å². The Balaban J connectivity index is 2.28. The summed E-state index contributed by atoms with van der Waals surface area (Å²) in [5, 5.41) is 2.67. The summed E-state index contributed by atoms with van der Waals surface area (Å²) in [5.74, 6) is 1.62. The lowest BCUT2D eigenvalue weighted by Gasteiger charge is -2.17. The van der Waals surface area contributed by atoms with Crippen LogP contribution in [0.5, 0.6) is 11.5 Å². The summed E-state index contributed by atoms with van der Waals surface area (Å²) >= 11 is 0. The molecule has 0 aromatic heterocycles. The number of benzene rings is 2. The molecule has 2 aromatic rings. The fraction of sp³-hybridized carbons (Fsp3) is 0.381. The molecule has 1 amide bonds. The summed E-state index contributed by atoms with van der Waals surface area (Å²) in [6.07, 6.45) is 1.22. The molecule has 0 radical (unpaired) electrons. The van der Waals surface area contributed by atoms with E-state index in [2.05, 4.69) is 25.2 Å². The molecule has 134 valence electrons. The minimum absolute atomic E-state index is 0.0283. The van der Waals surface area contributed by atoms with Crippen LogP contribution in [0.2, 0.25) is 0 Å². The van der Waals surface area contributed by atoms with Crippen LogP contribution in [0.3, 0.4) is 0 Å². The van der Waals surface area contributed by atoms with Gasteiger partial charge < -0.3 is 14.8 Å². The highest BCUT2D eigenvalue weighted by Crippen LogP contribution is 2.27. The summed E-state index contributed by atoms with van der Waals surface area (Å²) in [6, 6.07) is 12.0. The number of carbonyl (C=O) groups is 1. The van der Waals surface area contributed by atoms with Crippen LogP contribution in [0, 0.1) is 6.92 Å². The molecule has 4 heteroatoms. The van der Waals surface area contributed by atoms with E-state index in [0.717, 1.165) is 29.0 Å². The second kappa shape index (κ2) is 9.11. The fourth-order valence-corrected chi connectivity index (χ4v) is 2.77. The van der Waals surface area contributed by atoms with E-state index in [4.69, 9.17) is 9.47 Å². The second-order valence-corrected chi connectivity index (χ2v) is 5.93. The van der Waals surface area contributed by atoms with Crippen LogP contribution in [0.25, 0.3) is 0 Å². The van der Waals surface area contributed by atoms with Crippen LogP contribution in [0.4, 0.5) is 0 Å². The van der Waals surface area contributed by atoms with Gasteiger partial charge in [-0.1, -0.05) is 36.8 Å². The van der Waals surface area contributed by atoms with Crippen molar-refractivity contribution in [2.45, 2.75) is 40.2 Å². The van der Waals surface area contributed by atoms with Gasteiger partial charge in [0.05, 0.1) is 13.0 Å². The molecule has 4 nitrogen and oxygen atoms in total. The molecule has 0 atom stereocenters. The number of ether oxygens (including phenoxy) is 2. The number of rotatable bonds is 8. The number of carbonyl (C=O) groups excluding carboxylic acids is 1. The Morgan fingerprint density at radius 2 is 1.84 bits per heavy atom. The number of likely N-dealkylation sites (N-methyl/N-ethyl adjacent to an activating group) is 1. The molecule has 2 rings (SSSR count). The van der Waals surface area contributed by atoms with Crippen molar-refractivity contribution in [2.24, 2.45) is 0 Å². The number of nitrogens with one attached hydrogen (secondary N) is 1. The summed E-state index contributed by atoms with van der Waals surface area (Å²) < 4.78 is 11.8. The molecule has 0 spiro atoms. The van der Waals surface area contributed by atoms with Crippen LogP contribution < -0.4 is 14.8 Å². The minimum Gasteiger partial charge on any atom is -0.493 e. The Morgan fingerprint density at radius 3 is 2.52 bits per heavy atom. The van der Waals surface area contributed by atoms with Crippen LogP contribution in [-0.2, 0) is 24.2 Å². The summed E-state index contributed by atoms with van der Waals surface area (Å²) in [4.78, 5) is 11.8. The molecular weight excluding hydrogens is 314 g/mol. The molecule has 0 bridgehead atoms. The average Bonchev–Trinajstić information content (AvgIpc) is 2.62. The van der Waals surface area contributed by atoms with Gasteiger partial charge in [0.1, 0.15) is 18.1 Å². The van der Waals surface area contributed by atoms with Gasteiger partial charge in [-0.3, -0.25) is 4.79 Å². The predicted molar refractivity (Wildman–Crippen MR) is 100 cm³/mol. The largest absolute Gasteiger partial charge is 0.493 e. The van der Waals surface area contributed by atoms with Crippen LogP contribution in [-0.4, -0.2) is 19.6 Å². The lowest BCUT2D eigenvalue weighted by atomic mass is 10.0. The maximum absolute atomic E-state index is 11.8. The highest BCUT2D eigenvalue weighted by Gasteiger charge is 2.14. The first-order chi connectivity index (χ1) is 12.1. The first-order valence-corrected chi connectivity index (χ1v) is 8.75. The van der Waals surface area contributed by atoms with E-state index in [0.29, 0.717) is 19.6 Å². The molecule has 0 aliphatic rings. The normalized spacial score (nSPS) is 10.4. The lowest BCUT2D eigenvalue weighted by Crippen LogP contribution is -2.21. The number of aryl methyl sites for hydroxylation is 2. The number of amides is 1. The Labute approximate surface area is 150 Å². The van der Waals surface area contributed by atoms with Gasteiger partial charge in [-0.25, -0.2) is 0 Å². The van der Waals surface area contributed by atoms with Crippen molar-refractivity contribution in [3.63, 3.8) is 0 Å². The zero-order valence-electron chi connectivity index (χ0n) is 15.5. The van der Waals surface area contributed by atoms with E-state index < -0.39 is 0 Å². The smallest absolute Gasteiger partial charge is 0.224 e. The monoisotopic (exact) mass is 341 g/mol. The van der Waals surface area contributed by atoms with E-state index in [9.17, 15) is 4.79 Å². The van der Waals surface area contributed by atoms with Crippen molar-refractivity contribution < 1.29 is 14.3 Å². The molecule has 2 aromatic carbocycles. The lowest BCUT2D eigenvalue weighted by molar-refractivity contribution is -0.119. The summed E-state index contributed by atoms with van der Waals surface area (Å²) in [5.41, 5.74) is 4.26. The van der Waals surface area contributed by atoms with Crippen molar-refractivity contribution >= 4 is 5.91 Å². The fourth-order valence-electron chi connectivity index (χ4n) is 2.77. The maximum atomic E-state index is 11.8. The van der Waals surface area contributed by atoms with Crippen molar-refractivity contribution in [2.75, 3.05) is 13.7 Å². The maximum Gasteiger partial charge on any atom is 0.224 e. The third kappa shape index (κ3) is 4.99. The van der Waals surface area contributed by atoms with Gasteiger partial charge in [-0.05, 0) is 43.5 Å². The average molecular weight is 341 g/mol. The highest BCUT2D eigenvalue weighted by molar-refractivity contribution is 5.78. The minimum atomic E-state index is -0.0283. The topological polar surface area (TPSA) is 47.6 Å². The summed E-state index contributed by atoms with van der Waals surface area (Å²) in [6.45, 7) is 7.09. The Hall–Kier alpha value is -2.49. The molecule has 0 aliphatic heterocycles. The Bertz CT molecular complexity index is 725. The van der Waals surface area contributed by atoms with E-state index in [1.165, 1.54) is 11.1 Å². The van der Waals surface area contributed by atoms with Gasteiger partial charge >= 0.3 is 0 Å². The van der Waals surface area contributed by atoms with Crippen LogP contribution >= 0.6 is 0 Å². The first kappa shape index (κ1) is 18.8.